The summed E-state index contributed by atoms with van der Waals surface area (Å²) < 4.78 is 136. The van der Waals surface area contributed by atoms with E-state index in [9.17, 15) is 45.0 Å². The SMILES string of the molecule is CC(C)(C)OC(=O)CC1=N[C@](C)(c2nc(CC(=O)c3ncc(F)cc3Cl)ccc2F)[C@H]2CCN=[S@@]2(=O)C1(C)C.CC(C)(C)OC(=O)CC1=N[C@](C)(c2nc(N)ccc2F)[C@H]2CCN=[S@@]2(=O)C1(C)C.CC1(C)C(N)=N[C@](C)(c2nc(CC(=O)c3ncc(F)cc3Cl)ccc2F)[C@H]2CCN=[S@]21=O. The third-order valence-corrected chi connectivity index (χ3v) is 30.5. The fraction of sp³-hybridized carbons (Fsp3) is 0.529. The van der Waals surface area contributed by atoms with Crippen LogP contribution in [0.1, 0.15) is 185 Å². The van der Waals surface area contributed by atoms with Crippen LogP contribution in [-0.4, -0.2) is 139 Å². The zero-order valence-electron chi connectivity index (χ0n) is 58.2. The number of fused-ring (bicyclic) bond motifs is 3. The van der Waals surface area contributed by atoms with Crippen molar-refractivity contribution >= 4 is 99.0 Å². The van der Waals surface area contributed by atoms with Crippen molar-refractivity contribution in [2.75, 3.05) is 25.4 Å². The smallest absolute Gasteiger partial charge is 0.312 e. The second-order valence-corrected chi connectivity index (χ2v) is 39.0. The van der Waals surface area contributed by atoms with Crippen molar-refractivity contribution in [3.05, 3.63) is 140 Å². The molecule has 4 N–H and O–H groups in total. The lowest BCUT2D eigenvalue weighted by atomic mass is 9.88. The second-order valence-electron chi connectivity index (χ2n) is 29.2. The van der Waals surface area contributed by atoms with E-state index in [1.165, 1.54) is 36.4 Å². The predicted molar refractivity (Wildman–Crippen MR) is 375 cm³/mol. The number of carbonyl (C=O) groups excluding carboxylic acids is 4. The Hall–Kier alpha value is -7.28. The number of nitrogen functional groups attached to an aromatic ring is 1. The number of anilines is 1. The summed E-state index contributed by atoms with van der Waals surface area (Å²) in [6.45, 7) is 27.1. The normalized spacial score (nSPS) is 28.2. The first-order valence-corrected chi connectivity index (χ1v) is 37.6. The summed E-state index contributed by atoms with van der Waals surface area (Å²) in [5, 5.41) is -2.06. The maximum atomic E-state index is 15.4. The molecule has 9 atom stereocenters. The molecule has 32 heteroatoms. The minimum Gasteiger partial charge on any atom is -0.460 e. The molecular formula is C68H82Cl2F5N13O9S3. The van der Waals surface area contributed by atoms with Crippen LogP contribution in [0.25, 0.3) is 0 Å². The highest BCUT2D eigenvalue weighted by Crippen LogP contribution is 2.52. The number of aromatic nitrogens is 5. The molecule has 5 aromatic heterocycles. The van der Waals surface area contributed by atoms with Gasteiger partial charge in [0.05, 0.1) is 103 Å². The largest absolute Gasteiger partial charge is 0.460 e. The number of ketones is 2. The molecule has 0 fully saturated rings. The Balaban J connectivity index is 0.000000177. The van der Waals surface area contributed by atoms with E-state index in [0.29, 0.717) is 44.6 Å². The highest BCUT2D eigenvalue weighted by Gasteiger charge is 2.61. The first kappa shape index (κ1) is 76.9. The van der Waals surface area contributed by atoms with Gasteiger partial charge in [-0.25, -0.2) is 62.6 Å². The van der Waals surface area contributed by atoms with Crippen molar-refractivity contribution in [3.63, 3.8) is 0 Å². The molecule has 540 valence electrons. The molecule has 0 aliphatic carbocycles. The van der Waals surface area contributed by atoms with Crippen molar-refractivity contribution in [1.29, 1.82) is 0 Å². The first-order chi connectivity index (χ1) is 46.1. The van der Waals surface area contributed by atoms with Gasteiger partial charge in [0.25, 0.3) is 0 Å². The minimum absolute atomic E-state index is 0.0320. The van der Waals surface area contributed by atoms with Crippen LogP contribution in [-0.2, 0) is 77.7 Å². The van der Waals surface area contributed by atoms with Crippen LogP contribution in [0.15, 0.2) is 89.0 Å². The van der Waals surface area contributed by atoms with E-state index in [2.05, 4.69) is 43.0 Å². The Morgan fingerprint density at radius 1 is 0.500 bits per heavy atom. The van der Waals surface area contributed by atoms with Gasteiger partial charge in [-0.15, -0.1) is 0 Å². The van der Waals surface area contributed by atoms with E-state index < -0.39 is 140 Å². The number of ether oxygens (including phenoxy) is 2. The van der Waals surface area contributed by atoms with E-state index in [0.717, 1.165) is 24.5 Å². The van der Waals surface area contributed by atoms with Gasteiger partial charge in [0.15, 0.2) is 11.6 Å². The summed E-state index contributed by atoms with van der Waals surface area (Å²) in [5.74, 6) is -5.05. The Morgan fingerprint density at radius 2 is 0.830 bits per heavy atom. The standard InChI is InChI=1S/C27H31ClF2N4O4S.C21H22ClF2N5O2S.C20H29FN4O3S/c1-25(2,3)38-22(36)13-20-26(4,5)39(37)21(9-10-32-39)27(6,34-20)24-18(30)8-7-16(33-24)12-19(35)23-17(28)11-15(29)14-31-23;1-20(2)19(25)29-21(3,16-6-7-27-32(16,20)31)18-14(24)5-4-12(28-18)9-15(30)17-13(22)8-11(23)10-26-17;1-18(2,3)28-16(26)11-13-19(4,5)29(27)14(9-10-23-29)20(6,25-13)17-12(21)7-8-15(22)24-17/h7-8,11,14,21H,9-10,12-13H2,1-6H3;4-5,8,10,16H,6-7,9H2,1-3H3,(H2,25,29);7-8,14H,9-11H2,1-6H3,(H2,22,24)/t21-,27+,39+;16-,21+,32+;14-,20+,29+/m111/s1. The molecule has 0 bridgehead atoms. The highest BCUT2D eigenvalue weighted by atomic mass is 35.5. The molecule has 0 spiro atoms. The van der Waals surface area contributed by atoms with Gasteiger partial charge in [-0.2, -0.15) is 0 Å². The first-order valence-electron chi connectivity index (χ1n) is 32.1. The van der Waals surface area contributed by atoms with E-state index in [4.69, 9.17) is 54.1 Å². The fourth-order valence-corrected chi connectivity index (χ4v) is 23.7. The molecule has 22 nitrogen and oxygen atoms in total. The summed E-state index contributed by atoms with van der Waals surface area (Å²) >= 11 is 11.9. The summed E-state index contributed by atoms with van der Waals surface area (Å²) in [6, 6.07) is 9.67. The Labute approximate surface area is 589 Å². The molecule has 0 saturated carbocycles. The maximum Gasteiger partial charge on any atom is 0.312 e. The fourth-order valence-electron chi connectivity index (χ4n) is 13.5. The van der Waals surface area contributed by atoms with Gasteiger partial charge in [0.1, 0.15) is 102 Å². The van der Waals surface area contributed by atoms with Crippen molar-refractivity contribution < 1.29 is 63.2 Å². The predicted octanol–water partition coefficient (Wildman–Crippen LogP) is 11.9. The molecule has 0 radical (unpaired) electrons. The van der Waals surface area contributed by atoms with Crippen LogP contribution in [0.3, 0.4) is 0 Å². The molecule has 0 amide bonds. The summed E-state index contributed by atoms with van der Waals surface area (Å²) in [4.78, 5) is 85.7. The number of esters is 2. The average molecular weight is 1490 g/mol. The van der Waals surface area contributed by atoms with Gasteiger partial charge in [-0.05, 0) is 172 Å². The summed E-state index contributed by atoms with van der Waals surface area (Å²) in [5.41, 5.74) is 7.37. The lowest BCUT2D eigenvalue weighted by Gasteiger charge is -2.45. The number of carbonyl (C=O) groups is 4. The molecular weight excluding hydrogens is 1400 g/mol. The third-order valence-electron chi connectivity index (χ3n) is 18.8. The zero-order chi connectivity index (χ0) is 74.3. The number of nitrogens with zero attached hydrogens (tertiary/aromatic N) is 11. The molecule has 11 heterocycles. The number of pyridine rings is 5. The lowest BCUT2D eigenvalue weighted by Crippen LogP contribution is -2.58. The average Bonchev–Trinajstić information content (AvgIpc) is 1.40. The number of nitrogens with two attached hydrogens (primary N) is 2. The number of rotatable bonds is 13. The lowest BCUT2D eigenvalue weighted by molar-refractivity contribution is -0.154. The Morgan fingerprint density at radius 3 is 1.18 bits per heavy atom. The second kappa shape index (κ2) is 27.2. The zero-order valence-corrected chi connectivity index (χ0v) is 62.2. The number of Topliss-reactive ketones (excluding diaryl/α,β-unsaturated/α-hetero) is 2. The van der Waals surface area contributed by atoms with E-state index in [1.54, 1.807) is 104 Å². The minimum atomic E-state index is -3.02. The molecule has 5 aromatic rings. The van der Waals surface area contributed by atoms with E-state index >= 15 is 8.78 Å². The van der Waals surface area contributed by atoms with Gasteiger partial charge in [-0.3, -0.25) is 44.1 Å². The van der Waals surface area contributed by atoms with Crippen LogP contribution < -0.4 is 11.5 Å². The Bertz CT molecular complexity index is 4730. The highest BCUT2D eigenvalue weighted by molar-refractivity contribution is 7.97. The van der Waals surface area contributed by atoms with Crippen molar-refractivity contribution in [2.45, 2.75) is 207 Å². The van der Waals surface area contributed by atoms with Crippen LogP contribution in [0.4, 0.5) is 27.8 Å². The molecule has 6 aliphatic rings. The van der Waals surface area contributed by atoms with Crippen LogP contribution in [0, 0.1) is 29.1 Å². The molecule has 6 aliphatic heterocycles. The maximum absolute atomic E-state index is 15.4. The van der Waals surface area contributed by atoms with Gasteiger partial charge < -0.3 is 20.9 Å². The monoisotopic (exact) mass is 1490 g/mol. The number of hydrogen-bond donors (Lipinski definition) is 2. The van der Waals surface area contributed by atoms with Crippen LogP contribution in [0.2, 0.25) is 10.0 Å². The number of hydrogen-bond acceptors (Lipinski definition) is 22. The van der Waals surface area contributed by atoms with E-state index in [1.807, 2.05) is 0 Å². The van der Waals surface area contributed by atoms with Gasteiger partial charge in [0, 0.05) is 42.4 Å². The summed E-state index contributed by atoms with van der Waals surface area (Å²) in [6.07, 6.45) is 2.20. The molecule has 11 rings (SSSR count). The number of amidine groups is 1. The van der Waals surface area contributed by atoms with Crippen LogP contribution in [0.5, 0.6) is 0 Å². The number of halogens is 7. The number of aliphatic imine (C=N–C) groups is 3. The van der Waals surface area contributed by atoms with Gasteiger partial charge in [-0.1, -0.05) is 23.2 Å². The topological polar surface area (TPSA) is 329 Å². The van der Waals surface area contributed by atoms with Crippen molar-refractivity contribution in [3.8, 4) is 0 Å². The quantitative estimate of drug-likeness (QED) is 0.0628. The summed E-state index contributed by atoms with van der Waals surface area (Å²) in [7, 11) is -8.73. The molecule has 0 aromatic carbocycles. The van der Waals surface area contributed by atoms with E-state index in [-0.39, 0.29) is 93.0 Å². The van der Waals surface area contributed by atoms with Gasteiger partial charge >= 0.3 is 11.9 Å². The van der Waals surface area contributed by atoms with Crippen molar-refractivity contribution in [1.82, 2.24) is 24.9 Å². The van der Waals surface area contributed by atoms with Gasteiger partial charge in [0.2, 0.25) is 0 Å². The molecule has 100 heavy (non-hydrogen) atoms. The Kier molecular flexibility index (Phi) is 20.9. The molecule has 0 unspecified atom stereocenters. The van der Waals surface area contributed by atoms with Crippen molar-refractivity contribution in [2.24, 2.45) is 33.8 Å². The van der Waals surface area contributed by atoms with Crippen LogP contribution >= 0.6 is 23.2 Å². The third kappa shape index (κ3) is 14.2. The molecule has 0 saturated heterocycles.